The Labute approximate surface area is 134 Å². The van der Waals surface area contributed by atoms with Gasteiger partial charge in [0.25, 0.3) is 0 Å². The van der Waals surface area contributed by atoms with E-state index in [1.165, 1.54) is 12.1 Å². The van der Waals surface area contributed by atoms with Crippen LogP contribution in [0.1, 0.15) is 12.5 Å². The van der Waals surface area contributed by atoms with Crippen molar-refractivity contribution < 1.29 is 18.3 Å². The van der Waals surface area contributed by atoms with E-state index < -0.39 is 10.0 Å². The number of rotatable bonds is 6. The van der Waals surface area contributed by atoms with E-state index >= 15 is 0 Å². The normalized spacial score (nSPS) is 11.0. The van der Waals surface area contributed by atoms with Gasteiger partial charge in [-0.1, -0.05) is 35.0 Å². The van der Waals surface area contributed by atoms with Gasteiger partial charge < -0.3 is 9.84 Å². The first-order valence-corrected chi connectivity index (χ1v) is 8.32. The highest BCUT2D eigenvalue weighted by atomic mass is 35.5. The molecule has 1 rings (SSSR count). The maximum absolute atomic E-state index is 12.2. The van der Waals surface area contributed by atoms with Gasteiger partial charge in [0.2, 0.25) is 10.0 Å². The molecule has 0 unspecified atom stereocenters. The van der Waals surface area contributed by atoms with Crippen LogP contribution >= 0.6 is 23.2 Å². The van der Waals surface area contributed by atoms with Crippen molar-refractivity contribution in [3.8, 4) is 11.8 Å². The zero-order chi connectivity index (χ0) is 15.9. The first-order valence-electron chi connectivity index (χ1n) is 6.08. The van der Waals surface area contributed by atoms with E-state index in [0.29, 0.717) is 12.2 Å². The lowest BCUT2D eigenvalue weighted by Gasteiger charge is -2.10. The number of hydrogen-bond acceptors (Lipinski definition) is 4. The molecule has 5 nitrogen and oxygen atoms in total. The summed E-state index contributed by atoms with van der Waals surface area (Å²) in [5.74, 6) is 5.04. The summed E-state index contributed by atoms with van der Waals surface area (Å²) in [5.41, 5.74) is 0.423. The van der Waals surface area contributed by atoms with E-state index in [-0.39, 0.29) is 34.7 Å². The van der Waals surface area contributed by atoms with Crippen LogP contribution in [-0.4, -0.2) is 39.9 Å². The highest BCUT2D eigenvalue weighted by Crippen LogP contribution is 2.30. The average Bonchev–Trinajstić information content (AvgIpc) is 2.40. The van der Waals surface area contributed by atoms with Crippen LogP contribution in [0.5, 0.6) is 0 Å². The third-order valence-corrected chi connectivity index (χ3v) is 4.70. The summed E-state index contributed by atoms with van der Waals surface area (Å²) >= 11 is 11.9. The monoisotopic (exact) mass is 351 g/mol. The number of hydrogen-bond donors (Lipinski definition) is 2. The minimum atomic E-state index is -3.83. The van der Waals surface area contributed by atoms with Gasteiger partial charge in [0.1, 0.15) is 11.5 Å². The summed E-state index contributed by atoms with van der Waals surface area (Å²) in [5, 5.41) is 8.57. The molecular formula is C13H15Cl2NO4S. The molecule has 21 heavy (non-hydrogen) atoms. The molecule has 0 aliphatic carbocycles. The van der Waals surface area contributed by atoms with Crippen molar-refractivity contribution in [2.45, 2.75) is 11.8 Å². The maximum atomic E-state index is 12.2. The second kappa shape index (κ2) is 8.59. The molecule has 0 saturated carbocycles. The molecule has 0 aromatic heterocycles. The Bertz CT molecular complexity index is 627. The van der Waals surface area contributed by atoms with Crippen molar-refractivity contribution in [1.82, 2.24) is 4.72 Å². The van der Waals surface area contributed by atoms with Crippen LogP contribution in [-0.2, 0) is 14.8 Å². The van der Waals surface area contributed by atoms with E-state index in [2.05, 4.69) is 16.6 Å². The number of benzene rings is 1. The largest absolute Gasteiger partial charge is 0.384 e. The molecular weight excluding hydrogens is 337 g/mol. The molecule has 1 aromatic rings. The lowest BCUT2D eigenvalue weighted by atomic mass is 10.2. The molecule has 0 amide bonds. The van der Waals surface area contributed by atoms with Gasteiger partial charge in [-0.2, -0.15) is 0 Å². The maximum Gasteiger partial charge on any atom is 0.243 e. The van der Waals surface area contributed by atoms with Crippen molar-refractivity contribution in [1.29, 1.82) is 0 Å². The second-order valence-electron chi connectivity index (χ2n) is 3.82. The van der Waals surface area contributed by atoms with Gasteiger partial charge in [-0.15, -0.1) is 0 Å². The smallest absolute Gasteiger partial charge is 0.243 e. The summed E-state index contributed by atoms with van der Waals surface area (Å²) in [7, 11) is -3.83. The zero-order valence-corrected chi connectivity index (χ0v) is 13.6. The Balaban J connectivity index is 3.02. The number of halogens is 2. The average molecular weight is 352 g/mol. The first-order chi connectivity index (χ1) is 9.92. The third kappa shape index (κ3) is 5.47. The molecule has 2 N–H and O–H groups in total. The number of sulfonamides is 1. The minimum Gasteiger partial charge on any atom is -0.384 e. The minimum absolute atomic E-state index is 0.0337. The number of aliphatic hydroxyl groups is 1. The van der Waals surface area contributed by atoms with Crippen LogP contribution < -0.4 is 4.72 Å². The summed E-state index contributed by atoms with van der Waals surface area (Å²) < 4.78 is 31.7. The highest BCUT2D eigenvalue weighted by molar-refractivity contribution is 7.89. The van der Waals surface area contributed by atoms with Gasteiger partial charge in [-0.25, -0.2) is 13.1 Å². The summed E-state index contributed by atoms with van der Waals surface area (Å²) in [6.45, 7) is 2.38. The number of aliphatic hydroxyl groups excluding tert-OH is 1. The third-order valence-electron chi connectivity index (χ3n) is 2.32. The molecule has 0 saturated heterocycles. The Hall–Kier alpha value is -0.810. The number of ether oxygens (including phenoxy) is 1. The summed E-state index contributed by atoms with van der Waals surface area (Å²) in [6.07, 6.45) is 0. The number of nitrogens with one attached hydrogen (secondary N) is 1. The van der Waals surface area contributed by atoms with Gasteiger partial charge in [0.05, 0.1) is 16.7 Å². The Kier molecular flexibility index (Phi) is 7.46. The fourth-order valence-corrected chi connectivity index (χ4v) is 3.72. The van der Waals surface area contributed by atoms with Crippen LogP contribution in [0.25, 0.3) is 0 Å². The highest BCUT2D eigenvalue weighted by Gasteiger charge is 2.22. The van der Waals surface area contributed by atoms with Crippen molar-refractivity contribution in [3.05, 3.63) is 27.7 Å². The molecule has 0 fully saturated rings. The van der Waals surface area contributed by atoms with Crippen molar-refractivity contribution in [2.24, 2.45) is 0 Å². The van der Waals surface area contributed by atoms with Crippen molar-refractivity contribution in [2.75, 3.05) is 26.4 Å². The standard InChI is InChI=1S/C13H15Cl2NO4S/c1-2-20-7-5-16-21(18,19)13-11(14)8-10(4-3-6-17)9-12(13)15/h8-9,16-17H,2,5-7H2,1H3. The predicted octanol–water partition coefficient (Wildman–Crippen LogP) is 1.65. The second-order valence-corrected chi connectivity index (χ2v) is 6.34. The van der Waals surface area contributed by atoms with Crippen molar-refractivity contribution in [3.63, 3.8) is 0 Å². The molecule has 1 aromatic carbocycles. The molecule has 0 aliphatic rings. The summed E-state index contributed by atoms with van der Waals surface area (Å²) in [6, 6.07) is 2.76. The van der Waals surface area contributed by atoms with Gasteiger partial charge >= 0.3 is 0 Å². The lowest BCUT2D eigenvalue weighted by molar-refractivity contribution is 0.153. The van der Waals surface area contributed by atoms with Gasteiger partial charge in [0.15, 0.2) is 0 Å². The Morgan fingerprint density at radius 3 is 2.48 bits per heavy atom. The van der Waals surface area contributed by atoms with Crippen LogP contribution in [0.2, 0.25) is 10.0 Å². The van der Waals surface area contributed by atoms with Crippen LogP contribution in [0.4, 0.5) is 0 Å². The molecule has 8 heteroatoms. The predicted molar refractivity (Wildman–Crippen MR) is 82.1 cm³/mol. The van der Waals surface area contributed by atoms with E-state index in [4.69, 9.17) is 33.0 Å². The quantitative estimate of drug-likeness (QED) is 0.603. The SMILES string of the molecule is CCOCCNS(=O)(=O)c1c(Cl)cc(C#CCO)cc1Cl. The molecule has 0 bridgehead atoms. The molecule has 0 heterocycles. The van der Waals surface area contributed by atoms with Gasteiger partial charge in [-0.3, -0.25) is 0 Å². The molecule has 0 atom stereocenters. The molecule has 116 valence electrons. The Morgan fingerprint density at radius 2 is 1.95 bits per heavy atom. The van der Waals surface area contributed by atoms with E-state index in [9.17, 15) is 8.42 Å². The Morgan fingerprint density at radius 1 is 1.33 bits per heavy atom. The summed E-state index contributed by atoms with van der Waals surface area (Å²) in [4.78, 5) is -0.197. The van der Waals surface area contributed by atoms with Gasteiger partial charge in [-0.05, 0) is 19.1 Å². The van der Waals surface area contributed by atoms with Crippen molar-refractivity contribution >= 4 is 33.2 Å². The van der Waals surface area contributed by atoms with Gasteiger partial charge in [0, 0.05) is 18.7 Å². The first kappa shape index (κ1) is 18.2. The van der Waals surface area contributed by atoms with E-state index in [1.807, 2.05) is 6.92 Å². The van der Waals surface area contributed by atoms with E-state index in [1.54, 1.807) is 0 Å². The molecule has 0 spiro atoms. The molecule has 0 aliphatic heterocycles. The fraction of sp³-hybridized carbons (Fsp3) is 0.385. The molecule has 0 radical (unpaired) electrons. The van der Waals surface area contributed by atoms with Crippen LogP contribution in [0.3, 0.4) is 0 Å². The fourth-order valence-electron chi connectivity index (χ4n) is 1.50. The lowest BCUT2D eigenvalue weighted by Crippen LogP contribution is -2.28. The topological polar surface area (TPSA) is 75.6 Å². The van der Waals surface area contributed by atoms with Crippen LogP contribution in [0, 0.1) is 11.8 Å². The zero-order valence-electron chi connectivity index (χ0n) is 11.3. The van der Waals surface area contributed by atoms with Crippen LogP contribution in [0.15, 0.2) is 17.0 Å². The van der Waals surface area contributed by atoms with E-state index in [0.717, 1.165) is 0 Å².